The fourth-order valence-electron chi connectivity index (χ4n) is 0.153. The predicted molar refractivity (Wildman–Crippen MR) is 27.2 cm³/mol. The lowest BCUT2D eigenvalue weighted by atomic mass is 10.1. The van der Waals surface area contributed by atoms with E-state index in [1.807, 2.05) is 0 Å². The Bertz CT molecular complexity index is 124. The fraction of sp³-hybridized carbons (Fsp3) is 1.00. The van der Waals surface area contributed by atoms with Gasteiger partial charge in [0.25, 0.3) is 0 Å². The zero-order valence-corrected chi connectivity index (χ0v) is 5.27. The SMILES string of the molecule is CC(C)(CF)[N+]([O-])=NF. The van der Waals surface area contributed by atoms with Crippen molar-refractivity contribution in [1.29, 1.82) is 0 Å². The third-order valence-electron chi connectivity index (χ3n) is 0.914. The maximum atomic E-state index is 11.7. The monoisotopic (exact) mass is 138 g/mol. The number of halogens is 2. The summed E-state index contributed by atoms with van der Waals surface area (Å²) in [6, 6.07) is 0. The van der Waals surface area contributed by atoms with Crippen LogP contribution < -0.4 is 0 Å². The van der Waals surface area contributed by atoms with Crippen LogP contribution >= 0.6 is 0 Å². The number of nitrogens with zero attached hydrogens (tertiary/aromatic N) is 2. The van der Waals surface area contributed by atoms with E-state index in [0.717, 1.165) is 0 Å². The van der Waals surface area contributed by atoms with Crippen LogP contribution in [0.15, 0.2) is 5.34 Å². The van der Waals surface area contributed by atoms with Gasteiger partial charge in [0.05, 0.1) is 0 Å². The number of alkyl halides is 1. The number of hydrogen-bond acceptors (Lipinski definition) is 2. The molecule has 0 saturated heterocycles. The standard InChI is InChI=1S/C4H8F2N2O/c1-4(2,3-5)8(9)7-6/h3H2,1-2H3. The molecule has 0 spiro atoms. The lowest BCUT2D eigenvalue weighted by Crippen LogP contribution is -2.33. The molecule has 5 heteroatoms. The molecule has 0 atom stereocenters. The van der Waals surface area contributed by atoms with Crippen molar-refractivity contribution in [3.05, 3.63) is 5.21 Å². The van der Waals surface area contributed by atoms with Crippen LogP contribution in [0.2, 0.25) is 0 Å². The molecule has 0 aromatic carbocycles. The summed E-state index contributed by atoms with van der Waals surface area (Å²) >= 11 is 0. The summed E-state index contributed by atoms with van der Waals surface area (Å²) < 4.78 is 22.9. The second kappa shape index (κ2) is 2.70. The summed E-state index contributed by atoms with van der Waals surface area (Å²) in [5.41, 5.74) is -1.38. The average Bonchev–Trinajstić information content (AvgIpc) is 1.86. The highest BCUT2D eigenvalue weighted by Crippen LogP contribution is 2.08. The Hall–Kier alpha value is -0.740. The Labute approximate surface area is 51.5 Å². The molecule has 0 amide bonds. The molecule has 0 aromatic heterocycles. The van der Waals surface area contributed by atoms with Crippen molar-refractivity contribution in [3.8, 4) is 0 Å². The van der Waals surface area contributed by atoms with Gasteiger partial charge < -0.3 is 5.21 Å². The summed E-state index contributed by atoms with van der Waals surface area (Å²) in [5, 5.41) is 12.0. The molecule has 0 fully saturated rings. The van der Waals surface area contributed by atoms with E-state index >= 15 is 0 Å². The number of hydrogen-bond donors (Lipinski definition) is 0. The lowest BCUT2D eigenvalue weighted by molar-refractivity contribution is -0.618. The number of hydroxylamine groups is 1. The molecular formula is C4H8F2N2O. The van der Waals surface area contributed by atoms with Gasteiger partial charge in [-0.3, -0.25) is 0 Å². The first-order valence-electron chi connectivity index (χ1n) is 2.40. The quantitative estimate of drug-likeness (QED) is 0.324. The van der Waals surface area contributed by atoms with Crippen molar-refractivity contribution < 1.29 is 13.7 Å². The van der Waals surface area contributed by atoms with Crippen LogP contribution in [0.5, 0.6) is 0 Å². The molecule has 0 aliphatic carbocycles. The third kappa shape index (κ3) is 1.91. The van der Waals surface area contributed by atoms with Crippen LogP contribution in [0.25, 0.3) is 0 Å². The maximum absolute atomic E-state index is 11.7. The molecule has 54 valence electrons. The van der Waals surface area contributed by atoms with Crippen molar-refractivity contribution >= 4 is 0 Å². The minimum atomic E-state index is -1.38. The van der Waals surface area contributed by atoms with Crippen molar-refractivity contribution in [3.63, 3.8) is 0 Å². The molecule has 0 unspecified atom stereocenters. The van der Waals surface area contributed by atoms with Crippen LogP contribution in [-0.2, 0) is 0 Å². The van der Waals surface area contributed by atoms with Gasteiger partial charge in [0.2, 0.25) is 5.54 Å². The van der Waals surface area contributed by atoms with Crippen molar-refractivity contribution in [2.24, 2.45) is 5.34 Å². The van der Waals surface area contributed by atoms with Crippen molar-refractivity contribution in [2.75, 3.05) is 6.67 Å². The zero-order valence-electron chi connectivity index (χ0n) is 5.27. The summed E-state index contributed by atoms with van der Waals surface area (Å²) in [4.78, 5) is -0.299. The average molecular weight is 138 g/mol. The Morgan fingerprint density at radius 1 is 1.67 bits per heavy atom. The van der Waals surface area contributed by atoms with E-state index in [1.54, 1.807) is 5.34 Å². The van der Waals surface area contributed by atoms with Crippen LogP contribution in [0.1, 0.15) is 13.8 Å². The van der Waals surface area contributed by atoms with Crippen LogP contribution in [0.3, 0.4) is 0 Å². The first-order valence-corrected chi connectivity index (χ1v) is 2.40. The third-order valence-corrected chi connectivity index (χ3v) is 0.914. The van der Waals surface area contributed by atoms with Gasteiger partial charge >= 0.3 is 0 Å². The van der Waals surface area contributed by atoms with Gasteiger partial charge in [-0.05, 0) is 4.48 Å². The second-order valence-corrected chi connectivity index (χ2v) is 2.29. The van der Waals surface area contributed by atoms with E-state index in [1.165, 1.54) is 13.8 Å². The van der Waals surface area contributed by atoms with Gasteiger partial charge in [-0.2, -0.15) is 0 Å². The summed E-state index contributed by atoms with van der Waals surface area (Å²) in [7, 11) is 0. The Kier molecular flexibility index (Phi) is 2.48. The Balaban J connectivity index is 4.14. The molecule has 3 nitrogen and oxygen atoms in total. The van der Waals surface area contributed by atoms with Gasteiger partial charge in [-0.1, -0.05) is 4.86 Å². The topological polar surface area (TPSA) is 38.4 Å². The van der Waals surface area contributed by atoms with Gasteiger partial charge in [0.1, 0.15) is 0 Å². The minimum Gasteiger partial charge on any atom is -0.597 e. The van der Waals surface area contributed by atoms with Gasteiger partial charge in [-0.15, -0.1) is 0 Å². The Morgan fingerprint density at radius 2 is 2.11 bits per heavy atom. The van der Waals surface area contributed by atoms with Crippen molar-refractivity contribution in [1.82, 2.24) is 0 Å². The first kappa shape index (κ1) is 8.26. The minimum absolute atomic E-state index is 0.299. The molecule has 9 heavy (non-hydrogen) atoms. The van der Waals surface area contributed by atoms with Crippen LogP contribution in [0, 0.1) is 5.21 Å². The Morgan fingerprint density at radius 3 is 2.22 bits per heavy atom. The van der Waals surface area contributed by atoms with Gasteiger partial charge in [-0.25, -0.2) is 4.39 Å². The van der Waals surface area contributed by atoms with Crippen LogP contribution in [0.4, 0.5) is 8.87 Å². The van der Waals surface area contributed by atoms with E-state index in [-0.39, 0.29) is 4.86 Å². The molecule has 0 radical (unpaired) electrons. The largest absolute Gasteiger partial charge is 0.597 e. The van der Waals surface area contributed by atoms with E-state index in [9.17, 15) is 14.1 Å². The second-order valence-electron chi connectivity index (χ2n) is 2.29. The molecular weight excluding hydrogens is 130 g/mol. The lowest BCUT2D eigenvalue weighted by Gasteiger charge is -2.13. The molecule has 0 heterocycles. The molecule has 0 N–H and O–H groups in total. The highest BCUT2D eigenvalue weighted by atomic mass is 19.2. The van der Waals surface area contributed by atoms with Gasteiger partial charge in [0, 0.05) is 13.8 Å². The normalized spacial score (nSPS) is 14.0. The fourth-order valence-corrected chi connectivity index (χ4v) is 0.153. The van der Waals surface area contributed by atoms with E-state index in [0.29, 0.717) is 0 Å². The summed E-state index contributed by atoms with van der Waals surface area (Å²) in [5.74, 6) is 0. The first-order chi connectivity index (χ1) is 4.04. The molecule has 0 aliphatic heterocycles. The predicted octanol–water partition coefficient (Wildman–Crippen LogP) is 1.58. The van der Waals surface area contributed by atoms with Gasteiger partial charge in [0.15, 0.2) is 12.0 Å². The van der Waals surface area contributed by atoms with E-state index in [4.69, 9.17) is 0 Å². The highest BCUT2D eigenvalue weighted by molar-refractivity contribution is 4.62. The van der Waals surface area contributed by atoms with Crippen LogP contribution in [-0.4, -0.2) is 17.1 Å². The molecule has 0 bridgehead atoms. The zero-order chi connectivity index (χ0) is 7.49. The smallest absolute Gasteiger partial charge is 0.224 e. The molecule has 0 aromatic rings. The molecule has 0 saturated carbocycles. The summed E-state index contributed by atoms with van der Waals surface area (Å²) in [6.07, 6.45) is 0. The van der Waals surface area contributed by atoms with E-state index in [2.05, 4.69) is 0 Å². The number of rotatable bonds is 2. The highest BCUT2D eigenvalue weighted by Gasteiger charge is 2.28. The summed E-state index contributed by atoms with van der Waals surface area (Å²) in [6.45, 7) is 1.58. The van der Waals surface area contributed by atoms with Crippen molar-refractivity contribution in [2.45, 2.75) is 19.4 Å². The molecule has 0 aliphatic rings. The van der Waals surface area contributed by atoms with E-state index < -0.39 is 12.2 Å². The molecule has 0 rings (SSSR count). The maximum Gasteiger partial charge on any atom is 0.224 e.